The lowest BCUT2D eigenvalue weighted by atomic mass is 10.1. The highest BCUT2D eigenvalue weighted by molar-refractivity contribution is 5.81. The summed E-state index contributed by atoms with van der Waals surface area (Å²) < 4.78 is 13.1. The van der Waals surface area contributed by atoms with Gasteiger partial charge in [0.1, 0.15) is 5.82 Å². The van der Waals surface area contributed by atoms with E-state index in [2.05, 4.69) is 11.5 Å². The van der Waals surface area contributed by atoms with Crippen molar-refractivity contribution < 1.29 is 9.47 Å². The number of hydrogen-bond acceptors (Lipinski definition) is 4. The van der Waals surface area contributed by atoms with Crippen molar-refractivity contribution in [1.29, 1.82) is 0 Å². The number of fused-ring (bicyclic) bond motifs is 2. The smallest absolute Gasteiger partial charge is 0.231 e. The first-order chi connectivity index (χ1) is 9.48. The highest BCUT2D eigenvalue weighted by Crippen LogP contribution is 2.36. The van der Waals surface area contributed by atoms with Crippen LogP contribution in [0.3, 0.4) is 0 Å². The van der Waals surface area contributed by atoms with Crippen LogP contribution < -0.4 is 15.2 Å². The molecule has 0 unspecified atom stereocenters. The Morgan fingerprint density at radius 1 is 1.30 bits per heavy atom. The summed E-state index contributed by atoms with van der Waals surface area (Å²) in [5, 5.41) is 0. The Bertz CT molecular complexity index is 641. The summed E-state index contributed by atoms with van der Waals surface area (Å²) >= 11 is 0. The third kappa shape index (κ3) is 2.33. The number of aromatic nitrogens is 2. The topological polar surface area (TPSA) is 62.3 Å². The number of ether oxygens (including phenoxy) is 2. The van der Waals surface area contributed by atoms with Gasteiger partial charge in [0.2, 0.25) is 6.79 Å². The van der Waals surface area contributed by atoms with Crippen molar-refractivity contribution in [2.75, 3.05) is 6.79 Å². The van der Waals surface area contributed by atoms with Crippen molar-refractivity contribution in [3.63, 3.8) is 0 Å². The fourth-order valence-electron chi connectivity index (χ4n) is 2.56. The maximum Gasteiger partial charge on any atom is 0.231 e. The molecular formula is C15H21N3O2. The summed E-state index contributed by atoms with van der Waals surface area (Å²) in [6.45, 7) is 7.23. The minimum atomic E-state index is -0.285. The maximum atomic E-state index is 6.19. The molecule has 0 atom stereocenters. The van der Waals surface area contributed by atoms with E-state index in [4.69, 9.17) is 20.2 Å². The fourth-order valence-corrected chi connectivity index (χ4v) is 2.56. The molecule has 1 aromatic heterocycles. The highest BCUT2D eigenvalue weighted by atomic mass is 16.7. The molecule has 20 heavy (non-hydrogen) atoms. The number of hydrogen-bond donors (Lipinski definition) is 1. The minimum absolute atomic E-state index is 0.284. The van der Waals surface area contributed by atoms with Crippen LogP contribution in [0, 0.1) is 0 Å². The van der Waals surface area contributed by atoms with Crippen molar-refractivity contribution in [2.45, 2.75) is 45.7 Å². The van der Waals surface area contributed by atoms with Gasteiger partial charge in [0.25, 0.3) is 0 Å². The first-order valence-corrected chi connectivity index (χ1v) is 7.05. The third-order valence-corrected chi connectivity index (χ3v) is 3.36. The first-order valence-electron chi connectivity index (χ1n) is 7.05. The Labute approximate surface area is 118 Å². The first kappa shape index (κ1) is 13.2. The minimum Gasteiger partial charge on any atom is -0.454 e. The zero-order valence-corrected chi connectivity index (χ0v) is 12.3. The molecule has 5 heteroatoms. The van der Waals surface area contributed by atoms with E-state index in [0.717, 1.165) is 47.7 Å². The summed E-state index contributed by atoms with van der Waals surface area (Å²) in [5.74, 6) is 2.64. The van der Waals surface area contributed by atoms with Gasteiger partial charge < -0.3 is 19.8 Å². The van der Waals surface area contributed by atoms with E-state index in [1.54, 1.807) is 0 Å². The second-order valence-corrected chi connectivity index (χ2v) is 6.05. The van der Waals surface area contributed by atoms with E-state index in [-0.39, 0.29) is 12.3 Å². The maximum absolute atomic E-state index is 6.19. The van der Waals surface area contributed by atoms with Gasteiger partial charge in [-0.1, -0.05) is 6.92 Å². The Kier molecular flexibility index (Phi) is 3.09. The van der Waals surface area contributed by atoms with Crippen molar-refractivity contribution in [1.82, 2.24) is 9.55 Å². The molecule has 1 aliphatic heterocycles. The standard InChI is InChI=1S/C15H21N3O2/c1-4-5-14-17-10-6-12-13(20-9-19-12)7-11(10)18(14)8-15(2,3)16/h6-7H,4-5,8-9,16H2,1-3H3. The highest BCUT2D eigenvalue weighted by Gasteiger charge is 2.21. The van der Waals surface area contributed by atoms with Gasteiger partial charge in [-0.15, -0.1) is 0 Å². The molecule has 108 valence electrons. The van der Waals surface area contributed by atoms with Gasteiger partial charge in [-0.2, -0.15) is 0 Å². The van der Waals surface area contributed by atoms with Crippen LogP contribution in [0.5, 0.6) is 11.5 Å². The summed E-state index contributed by atoms with van der Waals surface area (Å²) in [5.41, 5.74) is 7.92. The molecule has 0 spiro atoms. The number of nitrogens with two attached hydrogens (primary N) is 1. The van der Waals surface area contributed by atoms with Gasteiger partial charge >= 0.3 is 0 Å². The Morgan fingerprint density at radius 2 is 2.00 bits per heavy atom. The molecule has 0 saturated carbocycles. The Balaban J connectivity index is 2.14. The summed E-state index contributed by atoms with van der Waals surface area (Å²) in [7, 11) is 0. The van der Waals surface area contributed by atoms with Crippen LogP contribution in [0.25, 0.3) is 11.0 Å². The Morgan fingerprint density at radius 3 is 2.65 bits per heavy atom. The normalized spacial score (nSPS) is 14.2. The molecule has 5 nitrogen and oxygen atoms in total. The summed E-state index contributed by atoms with van der Waals surface area (Å²) in [4.78, 5) is 4.74. The molecule has 3 rings (SSSR count). The molecule has 1 aliphatic rings. The second kappa shape index (κ2) is 4.66. The Hall–Kier alpha value is -1.75. The van der Waals surface area contributed by atoms with E-state index < -0.39 is 0 Å². The molecule has 1 aromatic carbocycles. The lowest BCUT2D eigenvalue weighted by molar-refractivity contribution is 0.174. The van der Waals surface area contributed by atoms with E-state index in [9.17, 15) is 0 Å². The van der Waals surface area contributed by atoms with Gasteiger partial charge in [-0.05, 0) is 20.3 Å². The fraction of sp³-hybridized carbons (Fsp3) is 0.533. The molecule has 0 amide bonds. The molecule has 0 bridgehead atoms. The van der Waals surface area contributed by atoms with Crippen LogP contribution in [-0.2, 0) is 13.0 Å². The van der Waals surface area contributed by atoms with Crippen LogP contribution in [0.1, 0.15) is 33.0 Å². The van der Waals surface area contributed by atoms with Gasteiger partial charge in [0, 0.05) is 30.6 Å². The molecule has 0 aliphatic carbocycles. The summed E-state index contributed by atoms with van der Waals surface area (Å²) in [6.07, 6.45) is 2.00. The second-order valence-electron chi connectivity index (χ2n) is 6.05. The lowest BCUT2D eigenvalue weighted by Gasteiger charge is -2.21. The number of aryl methyl sites for hydroxylation is 1. The van der Waals surface area contributed by atoms with E-state index in [1.165, 1.54) is 0 Å². The molecule has 2 N–H and O–H groups in total. The number of nitrogens with zero attached hydrogens (tertiary/aromatic N) is 2. The molecule has 2 heterocycles. The molecular weight excluding hydrogens is 254 g/mol. The van der Waals surface area contributed by atoms with Crippen molar-refractivity contribution in [3.8, 4) is 11.5 Å². The zero-order valence-electron chi connectivity index (χ0n) is 12.3. The van der Waals surface area contributed by atoms with Crippen LogP contribution in [0.4, 0.5) is 0 Å². The van der Waals surface area contributed by atoms with Gasteiger partial charge in [-0.3, -0.25) is 0 Å². The quantitative estimate of drug-likeness (QED) is 0.931. The van der Waals surface area contributed by atoms with E-state index in [0.29, 0.717) is 0 Å². The molecule has 0 fully saturated rings. The number of benzene rings is 1. The predicted octanol–water partition coefficient (Wildman–Crippen LogP) is 2.45. The number of rotatable bonds is 4. The van der Waals surface area contributed by atoms with Crippen molar-refractivity contribution in [3.05, 3.63) is 18.0 Å². The third-order valence-electron chi connectivity index (χ3n) is 3.36. The zero-order chi connectivity index (χ0) is 14.3. The van der Waals surface area contributed by atoms with E-state index >= 15 is 0 Å². The lowest BCUT2D eigenvalue weighted by Crippen LogP contribution is -2.37. The van der Waals surface area contributed by atoms with Crippen LogP contribution in [0.2, 0.25) is 0 Å². The molecule has 2 aromatic rings. The van der Waals surface area contributed by atoms with Gasteiger partial charge in [-0.25, -0.2) is 4.98 Å². The van der Waals surface area contributed by atoms with E-state index in [1.807, 2.05) is 26.0 Å². The average Bonchev–Trinajstić information content (AvgIpc) is 2.91. The monoisotopic (exact) mass is 275 g/mol. The van der Waals surface area contributed by atoms with Crippen LogP contribution >= 0.6 is 0 Å². The van der Waals surface area contributed by atoms with Crippen molar-refractivity contribution in [2.24, 2.45) is 5.73 Å². The average molecular weight is 275 g/mol. The summed E-state index contributed by atoms with van der Waals surface area (Å²) in [6, 6.07) is 3.96. The number of imidazole rings is 1. The van der Waals surface area contributed by atoms with Crippen molar-refractivity contribution >= 4 is 11.0 Å². The SMILES string of the molecule is CCCc1nc2cc3c(cc2n1CC(C)(C)N)OCO3. The predicted molar refractivity (Wildman–Crippen MR) is 78.1 cm³/mol. The van der Waals surface area contributed by atoms with Crippen LogP contribution in [-0.4, -0.2) is 21.9 Å². The van der Waals surface area contributed by atoms with Crippen LogP contribution in [0.15, 0.2) is 12.1 Å². The molecule has 0 radical (unpaired) electrons. The largest absolute Gasteiger partial charge is 0.454 e. The molecule has 0 saturated heterocycles. The van der Waals surface area contributed by atoms with Gasteiger partial charge in [0.15, 0.2) is 11.5 Å². The van der Waals surface area contributed by atoms with Gasteiger partial charge in [0.05, 0.1) is 11.0 Å².